The summed E-state index contributed by atoms with van der Waals surface area (Å²) in [5, 5.41) is 15.9. The van der Waals surface area contributed by atoms with E-state index < -0.39 is 5.91 Å². The van der Waals surface area contributed by atoms with Crippen LogP contribution in [0.5, 0.6) is 0 Å². The predicted octanol–water partition coefficient (Wildman–Crippen LogP) is 2.36. The van der Waals surface area contributed by atoms with E-state index in [4.69, 9.17) is 5.21 Å². The molecule has 0 bridgehead atoms. The van der Waals surface area contributed by atoms with Gasteiger partial charge in [0.15, 0.2) is 0 Å². The van der Waals surface area contributed by atoms with Gasteiger partial charge in [-0.25, -0.2) is 5.48 Å². The van der Waals surface area contributed by atoms with Crippen LogP contribution >= 0.6 is 0 Å². The van der Waals surface area contributed by atoms with Gasteiger partial charge >= 0.3 is 0 Å². The van der Waals surface area contributed by atoms with Crippen LogP contribution in [0.4, 0.5) is 0 Å². The topological polar surface area (TPSA) is 96.2 Å². The fraction of sp³-hybridized carbons (Fsp3) is 0.389. The number of hydrogen-bond donors (Lipinski definition) is 3. The summed E-state index contributed by atoms with van der Waals surface area (Å²) in [7, 11) is 1.79. The highest BCUT2D eigenvalue weighted by Gasteiger charge is 2.29. The molecule has 0 fully saturated rings. The largest absolute Gasteiger partial charge is 0.343 e. The highest BCUT2D eigenvalue weighted by molar-refractivity contribution is 5.94. The van der Waals surface area contributed by atoms with Crippen LogP contribution in [-0.4, -0.2) is 26.8 Å². The van der Waals surface area contributed by atoms with E-state index in [9.17, 15) is 9.59 Å². The molecule has 2 amide bonds. The first-order valence-electron chi connectivity index (χ1n) is 7.99. The molecule has 0 saturated carbocycles. The molecule has 2 aromatic rings. The van der Waals surface area contributed by atoms with Crippen LogP contribution in [0.25, 0.3) is 0 Å². The molecular formula is C18H24N4O3. The highest BCUT2D eigenvalue weighted by atomic mass is 16.5. The molecule has 1 heterocycles. The lowest BCUT2D eigenvalue weighted by molar-refractivity contribution is 0.0706. The molecule has 1 unspecified atom stereocenters. The third kappa shape index (κ3) is 4.24. The van der Waals surface area contributed by atoms with Crippen LogP contribution < -0.4 is 10.8 Å². The fourth-order valence-corrected chi connectivity index (χ4v) is 2.57. The van der Waals surface area contributed by atoms with E-state index >= 15 is 0 Å². The van der Waals surface area contributed by atoms with Crippen LogP contribution in [0.2, 0.25) is 0 Å². The second-order valence-corrected chi connectivity index (χ2v) is 7.13. The Kier molecular flexibility index (Phi) is 5.27. The molecule has 25 heavy (non-hydrogen) atoms. The molecule has 1 atom stereocenters. The minimum absolute atomic E-state index is 0.249. The number of hydrogen-bond acceptors (Lipinski definition) is 4. The summed E-state index contributed by atoms with van der Waals surface area (Å²) in [5.74, 6) is -0.826. The minimum atomic E-state index is -0.577. The number of carbonyl (C=O) groups is 2. The maximum atomic E-state index is 12.6. The number of benzene rings is 1. The van der Waals surface area contributed by atoms with Crippen LogP contribution in [-0.2, 0) is 7.05 Å². The van der Waals surface area contributed by atoms with Gasteiger partial charge in [-0.1, -0.05) is 32.9 Å². The SMILES string of the molecule is Cc1cc(C(=O)NC(c2ccc(C(=O)NO)cc2)C(C)(C)C)nn1C. The first-order valence-corrected chi connectivity index (χ1v) is 7.99. The average molecular weight is 344 g/mol. The van der Waals surface area contributed by atoms with Gasteiger partial charge in [0.2, 0.25) is 0 Å². The highest BCUT2D eigenvalue weighted by Crippen LogP contribution is 2.33. The molecule has 1 aromatic carbocycles. The normalized spacial score (nSPS) is 12.6. The maximum Gasteiger partial charge on any atom is 0.274 e. The third-order valence-electron chi connectivity index (χ3n) is 4.10. The molecule has 0 saturated heterocycles. The first kappa shape index (κ1) is 18.7. The fourth-order valence-electron chi connectivity index (χ4n) is 2.57. The van der Waals surface area contributed by atoms with Gasteiger partial charge in [0.1, 0.15) is 5.69 Å². The molecule has 0 aliphatic heterocycles. The second kappa shape index (κ2) is 7.06. The molecule has 0 aliphatic carbocycles. The Hall–Kier alpha value is -2.67. The van der Waals surface area contributed by atoms with E-state index in [0.717, 1.165) is 11.3 Å². The summed E-state index contributed by atoms with van der Waals surface area (Å²) >= 11 is 0. The second-order valence-electron chi connectivity index (χ2n) is 7.13. The summed E-state index contributed by atoms with van der Waals surface area (Å²) in [4.78, 5) is 24.0. The molecule has 0 radical (unpaired) electrons. The van der Waals surface area contributed by atoms with Crippen molar-refractivity contribution in [1.82, 2.24) is 20.6 Å². The van der Waals surface area contributed by atoms with E-state index in [0.29, 0.717) is 11.3 Å². The third-order valence-corrected chi connectivity index (χ3v) is 4.10. The van der Waals surface area contributed by atoms with Gasteiger partial charge in [-0.3, -0.25) is 19.5 Å². The summed E-state index contributed by atoms with van der Waals surface area (Å²) in [6, 6.07) is 8.22. The number of carbonyl (C=O) groups excluding carboxylic acids is 2. The number of aryl methyl sites for hydroxylation is 2. The van der Waals surface area contributed by atoms with E-state index in [2.05, 4.69) is 10.4 Å². The number of aromatic nitrogens is 2. The van der Waals surface area contributed by atoms with E-state index in [-0.39, 0.29) is 17.4 Å². The number of rotatable bonds is 4. The van der Waals surface area contributed by atoms with Gasteiger partial charge < -0.3 is 5.32 Å². The van der Waals surface area contributed by atoms with Crippen molar-refractivity contribution in [2.24, 2.45) is 12.5 Å². The van der Waals surface area contributed by atoms with Crippen LogP contribution in [0.1, 0.15) is 58.9 Å². The summed E-state index contributed by atoms with van der Waals surface area (Å²) in [5.41, 5.74) is 3.82. The molecular weight excluding hydrogens is 320 g/mol. The first-order chi connectivity index (χ1) is 11.6. The number of nitrogens with zero attached hydrogens (tertiary/aromatic N) is 2. The van der Waals surface area contributed by atoms with E-state index in [1.807, 2.05) is 27.7 Å². The Bertz CT molecular complexity index is 753. The molecule has 2 rings (SSSR count). The van der Waals surface area contributed by atoms with Crippen LogP contribution in [0.15, 0.2) is 30.3 Å². The Morgan fingerprint density at radius 3 is 2.20 bits per heavy atom. The zero-order chi connectivity index (χ0) is 18.8. The molecule has 134 valence electrons. The van der Waals surface area contributed by atoms with Crippen molar-refractivity contribution in [2.75, 3.05) is 0 Å². The lowest BCUT2D eigenvalue weighted by atomic mass is 9.82. The van der Waals surface area contributed by atoms with Crippen molar-refractivity contribution in [3.8, 4) is 0 Å². The van der Waals surface area contributed by atoms with Gasteiger partial charge in [-0.15, -0.1) is 0 Å². The molecule has 0 aliphatic rings. The monoisotopic (exact) mass is 344 g/mol. The zero-order valence-corrected chi connectivity index (χ0v) is 15.1. The standard InChI is InChI=1S/C18H24N4O3/c1-11-10-14(20-22(11)5)17(24)19-15(18(2,3)4)12-6-8-13(9-7-12)16(23)21-25/h6-10,15,25H,1-5H3,(H,19,24)(H,21,23). The van der Waals surface area contributed by atoms with Crippen molar-refractivity contribution in [2.45, 2.75) is 33.7 Å². The summed E-state index contributed by atoms with van der Waals surface area (Å²) < 4.78 is 1.66. The number of hydroxylamine groups is 1. The van der Waals surface area contributed by atoms with Crippen molar-refractivity contribution in [3.63, 3.8) is 0 Å². The van der Waals surface area contributed by atoms with Crippen molar-refractivity contribution >= 4 is 11.8 Å². The van der Waals surface area contributed by atoms with Crippen molar-refractivity contribution in [1.29, 1.82) is 0 Å². The van der Waals surface area contributed by atoms with Gasteiger partial charge in [0.25, 0.3) is 11.8 Å². The Morgan fingerprint density at radius 1 is 1.16 bits per heavy atom. The Morgan fingerprint density at radius 2 is 1.76 bits per heavy atom. The van der Waals surface area contributed by atoms with Gasteiger partial charge in [-0.05, 0) is 36.1 Å². The van der Waals surface area contributed by atoms with Crippen LogP contribution in [0, 0.1) is 12.3 Å². The predicted molar refractivity (Wildman–Crippen MR) is 93.3 cm³/mol. The summed E-state index contributed by atoms with van der Waals surface area (Å²) in [6.07, 6.45) is 0. The van der Waals surface area contributed by atoms with E-state index in [1.54, 1.807) is 47.5 Å². The lowest BCUT2D eigenvalue weighted by Crippen LogP contribution is -2.37. The Labute approximate surface area is 147 Å². The van der Waals surface area contributed by atoms with Crippen LogP contribution in [0.3, 0.4) is 0 Å². The van der Waals surface area contributed by atoms with Crippen molar-refractivity contribution in [3.05, 3.63) is 52.8 Å². The van der Waals surface area contributed by atoms with Crippen molar-refractivity contribution < 1.29 is 14.8 Å². The minimum Gasteiger partial charge on any atom is -0.343 e. The average Bonchev–Trinajstić information content (AvgIpc) is 2.90. The quantitative estimate of drug-likeness (QED) is 0.586. The van der Waals surface area contributed by atoms with E-state index in [1.165, 1.54) is 0 Å². The number of nitrogens with one attached hydrogen (secondary N) is 2. The zero-order valence-electron chi connectivity index (χ0n) is 15.1. The molecule has 3 N–H and O–H groups in total. The van der Waals surface area contributed by atoms with Gasteiger partial charge in [-0.2, -0.15) is 5.10 Å². The molecule has 7 nitrogen and oxygen atoms in total. The molecule has 0 spiro atoms. The molecule has 1 aromatic heterocycles. The number of amides is 2. The smallest absolute Gasteiger partial charge is 0.274 e. The maximum absolute atomic E-state index is 12.6. The lowest BCUT2D eigenvalue weighted by Gasteiger charge is -2.31. The molecule has 7 heteroatoms. The van der Waals surface area contributed by atoms with Gasteiger partial charge in [0.05, 0.1) is 6.04 Å². The van der Waals surface area contributed by atoms with Gasteiger partial charge in [0, 0.05) is 18.3 Å². The summed E-state index contributed by atoms with van der Waals surface area (Å²) in [6.45, 7) is 7.96. The Balaban J connectivity index is 2.27.